The summed E-state index contributed by atoms with van der Waals surface area (Å²) in [4.78, 5) is 34.2. The van der Waals surface area contributed by atoms with E-state index in [1.807, 2.05) is 6.92 Å². The third kappa shape index (κ3) is 4.16. The Morgan fingerprint density at radius 1 is 1.29 bits per heavy atom. The highest BCUT2D eigenvalue weighted by molar-refractivity contribution is 6.10. The summed E-state index contributed by atoms with van der Waals surface area (Å²) in [6, 6.07) is -0.736. The first-order chi connectivity index (χ1) is 9.76. The monoisotopic (exact) mass is 294 g/mol. The van der Waals surface area contributed by atoms with Crippen LogP contribution in [0.3, 0.4) is 0 Å². The number of carbonyl (C=O) groups is 3. The molecule has 3 N–H and O–H groups in total. The number of rotatable bonds is 4. The van der Waals surface area contributed by atoms with Gasteiger partial charge in [-0.2, -0.15) is 5.10 Å². The quantitative estimate of drug-likeness (QED) is 0.718. The number of nitrogens with zero attached hydrogens (tertiary/aromatic N) is 2. The summed E-state index contributed by atoms with van der Waals surface area (Å²) in [5.74, 6) is -1.96. The second-order valence-corrected chi connectivity index (χ2v) is 4.48. The molecule has 1 heterocycles. The molecule has 0 aliphatic heterocycles. The van der Waals surface area contributed by atoms with Gasteiger partial charge in [0.1, 0.15) is 0 Å². The van der Waals surface area contributed by atoms with Crippen molar-refractivity contribution in [2.75, 3.05) is 5.32 Å². The van der Waals surface area contributed by atoms with E-state index in [4.69, 9.17) is 5.11 Å². The Kier molecular flexibility index (Phi) is 5.23. The maximum Gasteiger partial charge on any atom is 0.331 e. The largest absolute Gasteiger partial charge is 0.478 e. The van der Waals surface area contributed by atoms with E-state index in [0.717, 1.165) is 0 Å². The number of aryl methyl sites for hydroxylation is 2. The molecule has 3 amide bonds. The van der Waals surface area contributed by atoms with Gasteiger partial charge in [-0.3, -0.25) is 14.8 Å². The summed E-state index contributed by atoms with van der Waals surface area (Å²) >= 11 is 0. The standard InChI is InChI=1S/C13H18N4O4/c1-5-9-10(6-17(4)16-9)14-13(21)15-11(18)7(2)8(3)12(19)20/h6H,5H2,1-4H3,(H,19,20)(H2,14,15,18,21)/b8-7-. The van der Waals surface area contributed by atoms with Gasteiger partial charge in [-0.05, 0) is 20.3 Å². The van der Waals surface area contributed by atoms with E-state index >= 15 is 0 Å². The van der Waals surface area contributed by atoms with Gasteiger partial charge < -0.3 is 10.4 Å². The summed E-state index contributed by atoms with van der Waals surface area (Å²) in [6.07, 6.45) is 2.25. The van der Waals surface area contributed by atoms with Gasteiger partial charge >= 0.3 is 12.0 Å². The molecule has 0 unspecified atom stereocenters. The number of carboxylic acid groups (broad SMARTS) is 1. The summed E-state index contributed by atoms with van der Waals surface area (Å²) in [6.45, 7) is 4.53. The van der Waals surface area contributed by atoms with Crippen molar-refractivity contribution in [1.82, 2.24) is 15.1 Å². The normalized spacial score (nSPS) is 11.6. The van der Waals surface area contributed by atoms with Crippen LogP contribution in [0.15, 0.2) is 17.3 Å². The SMILES string of the molecule is CCc1nn(C)cc1NC(=O)NC(=O)/C(C)=C(/C)C(=O)O. The molecular formula is C13H18N4O4. The van der Waals surface area contributed by atoms with Crippen LogP contribution < -0.4 is 10.6 Å². The molecule has 0 atom stereocenters. The van der Waals surface area contributed by atoms with E-state index < -0.39 is 17.9 Å². The highest BCUT2D eigenvalue weighted by Gasteiger charge is 2.16. The Bertz CT molecular complexity index is 616. The number of nitrogens with one attached hydrogen (secondary N) is 2. The molecule has 0 fully saturated rings. The number of anilines is 1. The number of imide groups is 1. The van der Waals surface area contributed by atoms with E-state index in [9.17, 15) is 14.4 Å². The minimum absolute atomic E-state index is 0.0282. The topological polar surface area (TPSA) is 113 Å². The lowest BCUT2D eigenvalue weighted by molar-refractivity contribution is -0.133. The molecule has 0 radical (unpaired) electrons. The van der Waals surface area contributed by atoms with Crippen molar-refractivity contribution in [3.05, 3.63) is 23.0 Å². The maximum atomic E-state index is 11.7. The molecule has 1 aromatic rings. The number of amides is 3. The molecule has 8 heteroatoms. The first-order valence-electron chi connectivity index (χ1n) is 6.31. The van der Waals surface area contributed by atoms with E-state index in [-0.39, 0.29) is 11.1 Å². The van der Waals surface area contributed by atoms with Gasteiger partial charge in [-0.1, -0.05) is 6.92 Å². The Morgan fingerprint density at radius 2 is 1.90 bits per heavy atom. The van der Waals surface area contributed by atoms with Crippen molar-refractivity contribution < 1.29 is 19.5 Å². The van der Waals surface area contributed by atoms with Gasteiger partial charge in [0.25, 0.3) is 5.91 Å². The maximum absolute atomic E-state index is 11.7. The van der Waals surface area contributed by atoms with E-state index in [2.05, 4.69) is 15.7 Å². The molecule has 21 heavy (non-hydrogen) atoms. The highest BCUT2D eigenvalue weighted by atomic mass is 16.4. The first-order valence-corrected chi connectivity index (χ1v) is 6.31. The highest BCUT2D eigenvalue weighted by Crippen LogP contribution is 2.13. The molecule has 0 aromatic carbocycles. The summed E-state index contributed by atoms with van der Waals surface area (Å²) < 4.78 is 1.55. The molecule has 1 rings (SSSR count). The number of urea groups is 1. The van der Waals surface area contributed by atoms with Crippen LogP contribution >= 0.6 is 0 Å². The Labute approximate surface area is 121 Å². The molecule has 0 saturated heterocycles. The lowest BCUT2D eigenvalue weighted by atomic mass is 10.1. The Hall–Kier alpha value is -2.64. The van der Waals surface area contributed by atoms with E-state index in [1.165, 1.54) is 13.8 Å². The number of carboxylic acids is 1. The van der Waals surface area contributed by atoms with Gasteiger partial charge in [0.05, 0.1) is 11.4 Å². The van der Waals surface area contributed by atoms with Crippen molar-refractivity contribution in [3.63, 3.8) is 0 Å². The molecule has 8 nitrogen and oxygen atoms in total. The van der Waals surface area contributed by atoms with Crippen molar-refractivity contribution in [1.29, 1.82) is 0 Å². The zero-order valence-corrected chi connectivity index (χ0v) is 12.4. The fourth-order valence-electron chi connectivity index (χ4n) is 1.58. The first kappa shape index (κ1) is 16.4. The summed E-state index contributed by atoms with van der Waals surface area (Å²) in [5.41, 5.74) is 1.05. The molecule has 0 saturated carbocycles. The minimum Gasteiger partial charge on any atom is -0.478 e. The van der Waals surface area contributed by atoms with E-state index in [0.29, 0.717) is 17.8 Å². The average Bonchev–Trinajstić information content (AvgIpc) is 2.76. The van der Waals surface area contributed by atoms with Gasteiger partial charge in [0, 0.05) is 24.4 Å². The molecular weight excluding hydrogens is 276 g/mol. The second-order valence-electron chi connectivity index (χ2n) is 4.48. The predicted octanol–water partition coefficient (Wildman–Crippen LogP) is 1.05. The van der Waals surface area contributed by atoms with Crippen LogP contribution in [0.1, 0.15) is 26.5 Å². The third-order valence-corrected chi connectivity index (χ3v) is 2.94. The number of hydrogen-bond acceptors (Lipinski definition) is 4. The molecule has 0 aliphatic carbocycles. The minimum atomic E-state index is -1.21. The van der Waals surface area contributed by atoms with Crippen molar-refractivity contribution >= 4 is 23.6 Å². The smallest absolute Gasteiger partial charge is 0.331 e. The molecule has 114 valence electrons. The van der Waals surface area contributed by atoms with Crippen LogP contribution in [0.4, 0.5) is 10.5 Å². The lowest BCUT2D eigenvalue weighted by Crippen LogP contribution is -2.35. The van der Waals surface area contributed by atoms with Gasteiger partial charge in [-0.15, -0.1) is 0 Å². The number of aromatic nitrogens is 2. The zero-order chi connectivity index (χ0) is 16.2. The zero-order valence-electron chi connectivity index (χ0n) is 12.4. The number of hydrogen-bond donors (Lipinski definition) is 3. The van der Waals surface area contributed by atoms with Gasteiger partial charge in [0.2, 0.25) is 0 Å². The van der Waals surface area contributed by atoms with Gasteiger partial charge in [0.15, 0.2) is 0 Å². The third-order valence-electron chi connectivity index (χ3n) is 2.94. The van der Waals surface area contributed by atoms with Crippen molar-refractivity contribution in [2.24, 2.45) is 7.05 Å². The fourth-order valence-corrected chi connectivity index (χ4v) is 1.58. The van der Waals surface area contributed by atoms with Crippen LogP contribution in [0.25, 0.3) is 0 Å². The van der Waals surface area contributed by atoms with Crippen LogP contribution in [0.5, 0.6) is 0 Å². The van der Waals surface area contributed by atoms with Crippen LogP contribution in [-0.2, 0) is 23.1 Å². The summed E-state index contributed by atoms with van der Waals surface area (Å²) in [5, 5.41) is 17.5. The fraction of sp³-hybridized carbons (Fsp3) is 0.385. The van der Waals surface area contributed by atoms with E-state index in [1.54, 1.807) is 17.9 Å². The molecule has 0 aliphatic rings. The van der Waals surface area contributed by atoms with Crippen molar-refractivity contribution in [3.8, 4) is 0 Å². The van der Waals surface area contributed by atoms with Gasteiger partial charge in [-0.25, -0.2) is 9.59 Å². The summed E-state index contributed by atoms with van der Waals surface area (Å²) in [7, 11) is 1.72. The molecule has 0 spiro atoms. The Balaban J connectivity index is 2.76. The predicted molar refractivity (Wildman–Crippen MR) is 75.8 cm³/mol. The van der Waals surface area contributed by atoms with Crippen molar-refractivity contribution in [2.45, 2.75) is 27.2 Å². The van der Waals surface area contributed by atoms with Crippen LogP contribution in [0.2, 0.25) is 0 Å². The average molecular weight is 294 g/mol. The molecule has 1 aromatic heterocycles. The number of aliphatic carboxylic acids is 1. The molecule has 0 bridgehead atoms. The number of carbonyl (C=O) groups excluding carboxylic acids is 2. The Morgan fingerprint density at radius 3 is 2.43 bits per heavy atom. The van der Waals surface area contributed by atoms with Crippen LogP contribution in [-0.4, -0.2) is 32.8 Å². The lowest BCUT2D eigenvalue weighted by Gasteiger charge is -2.07. The van der Waals surface area contributed by atoms with Crippen LogP contribution in [0, 0.1) is 0 Å². The second kappa shape index (κ2) is 6.69.